The summed E-state index contributed by atoms with van der Waals surface area (Å²) in [4.78, 5) is 21.0. The summed E-state index contributed by atoms with van der Waals surface area (Å²) in [6.07, 6.45) is 0. The van der Waals surface area contributed by atoms with Crippen molar-refractivity contribution in [2.45, 2.75) is 31.2 Å². The molecule has 8 nitrogen and oxygen atoms in total. The zero-order chi connectivity index (χ0) is 16.4. The molecule has 1 N–H and O–H groups in total. The molecule has 0 spiro atoms. The molecule has 0 unspecified atom stereocenters. The van der Waals surface area contributed by atoms with Crippen molar-refractivity contribution in [1.29, 1.82) is 0 Å². The third-order valence-electron chi connectivity index (χ3n) is 3.07. The van der Waals surface area contributed by atoms with Gasteiger partial charge < -0.3 is 5.11 Å². The molecule has 0 aliphatic heterocycles. The highest BCUT2D eigenvalue weighted by Gasteiger charge is 2.41. The maximum atomic E-state index is 12.5. The normalized spacial score (nSPS) is 12.4. The summed E-state index contributed by atoms with van der Waals surface area (Å²) >= 11 is 0. The standard InChI is InChI=1S/C12H16N2O6S/c1-4-13(12(2,3)11(15)16)21(19,20)10-7-5-9(6-8-10)14(17)18/h5-8H,4H2,1-3H3,(H,15,16). The first kappa shape index (κ1) is 17.1. The number of hydrogen-bond donors (Lipinski definition) is 1. The second-order valence-electron chi connectivity index (χ2n) is 4.78. The predicted octanol–water partition coefficient (Wildman–Crippen LogP) is 1.47. The molecule has 116 valence electrons. The van der Waals surface area contributed by atoms with Gasteiger partial charge in [0.15, 0.2) is 0 Å². The van der Waals surface area contributed by atoms with Gasteiger partial charge in [-0.1, -0.05) is 6.92 Å². The Morgan fingerprint density at radius 2 is 1.81 bits per heavy atom. The van der Waals surface area contributed by atoms with E-state index in [4.69, 9.17) is 0 Å². The molecule has 0 radical (unpaired) electrons. The van der Waals surface area contributed by atoms with Gasteiger partial charge in [-0.25, -0.2) is 8.42 Å². The van der Waals surface area contributed by atoms with Crippen LogP contribution in [0.5, 0.6) is 0 Å². The lowest BCUT2D eigenvalue weighted by molar-refractivity contribution is -0.384. The van der Waals surface area contributed by atoms with Crippen LogP contribution >= 0.6 is 0 Å². The van der Waals surface area contributed by atoms with Crippen molar-refractivity contribution in [2.24, 2.45) is 0 Å². The second kappa shape index (κ2) is 5.78. The van der Waals surface area contributed by atoms with Crippen LogP contribution in [0.15, 0.2) is 29.2 Å². The molecule has 21 heavy (non-hydrogen) atoms. The Morgan fingerprint density at radius 3 is 2.14 bits per heavy atom. The fraction of sp³-hybridized carbons (Fsp3) is 0.417. The number of aliphatic carboxylic acids is 1. The van der Waals surface area contributed by atoms with E-state index < -0.39 is 26.5 Å². The first-order valence-electron chi connectivity index (χ1n) is 6.05. The summed E-state index contributed by atoms with van der Waals surface area (Å²) in [5.41, 5.74) is -1.87. The van der Waals surface area contributed by atoms with E-state index in [2.05, 4.69) is 0 Å². The highest BCUT2D eigenvalue weighted by Crippen LogP contribution is 2.26. The van der Waals surface area contributed by atoms with E-state index in [1.807, 2.05) is 0 Å². The van der Waals surface area contributed by atoms with E-state index >= 15 is 0 Å². The molecule has 0 atom stereocenters. The lowest BCUT2D eigenvalue weighted by atomic mass is 10.1. The van der Waals surface area contributed by atoms with E-state index in [1.165, 1.54) is 20.8 Å². The Morgan fingerprint density at radius 1 is 1.33 bits per heavy atom. The average Bonchev–Trinajstić information content (AvgIpc) is 2.38. The molecular formula is C12H16N2O6S. The summed E-state index contributed by atoms with van der Waals surface area (Å²) < 4.78 is 25.8. The summed E-state index contributed by atoms with van der Waals surface area (Å²) in [5, 5.41) is 19.7. The number of nitrogens with zero attached hydrogens (tertiary/aromatic N) is 2. The number of benzene rings is 1. The third kappa shape index (κ3) is 3.19. The molecule has 0 heterocycles. The zero-order valence-corrected chi connectivity index (χ0v) is 12.6. The van der Waals surface area contributed by atoms with Gasteiger partial charge in [-0.15, -0.1) is 0 Å². The number of carboxylic acids is 1. The van der Waals surface area contributed by atoms with Crippen LogP contribution in [0.25, 0.3) is 0 Å². The van der Waals surface area contributed by atoms with Crippen LogP contribution in [0.2, 0.25) is 0 Å². The fourth-order valence-corrected chi connectivity index (χ4v) is 3.59. The quantitative estimate of drug-likeness (QED) is 0.627. The van der Waals surface area contributed by atoms with Crippen molar-refractivity contribution in [3.05, 3.63) is 34.4 Å². The fourth-order valence-electron chi connectivity index (χ4n) is 1.84. The minimum Gasteiger partial charge on any atom is -0.480 e. The molecule has 0 saturated carbocycles. The predicted molar refractivity (Wildman–Crippen MR) is 74.4 cm³/mol. The molecule has 0 fully saturated rings. The Kier molecular flexibility index (Phi) is 4.69. The summed E-state index contributed by atoms with van der Waals surface area (Å²) in [6, 6.07) is 4.31. The number of carboxylic acid groups (broad SMARTS) is 1. The van der Waals surface area contributed by atoms with Crippen molar-refractivity contribution in [1.82, 2.24) is 4.31 Å². The summed E-state index contributed by atoms with van der Waals surface area (Å²) in [5.74, 6) is -1.28. The summed E-state index contributed by atoms with van der Waals surface area (Å²) in [7, 11) is -4.07. The van der Waals surface area contributed by atoms with Crippen LogP contribution in [0.3, 0.4) is 0 Å². The molecular weight excluding hydrogens is 300 g/mol. The van der Waals surface area contributed by atoms with Crippen molar-refractivity contribution in [3.8, 4) is 0 Å². The number of non-ortho nitro benzene ring substituents is 1. The van der Waals surface area contributed by atoms with Gasteiger partial charge in [-0.3, -0.25) is 14.9 Å². The average molecular weight is 316 g/mol. The number of nitro groups is 1. The monoisotopic (exact) mass is 316 g/mol. The maximum Gasteiger partial charge on any atom is 0.324 e. The minimum absolute atomic E-state index is 0.0430. The Bertz CT molecular complexity index is 651. The SMILES string of the molecule is CCN(C(C)(C)C(=O)O)S(=O)(=O)c1ccc([N+](=O)[O-])cc1. The molecule has 0 bridgehead atoms. The molecule has 1 aromatic rings. The number of likely N-dealkylation sites (N-methyl/N-ethyl adjacent to an activating group) is 1. The molecule has 0 aromatic heterocycles. The molecule has 0 aliphatic carbocycles. The topological polar surface area (TPSA) is 118 Å². The van der Waals surface area contributed by atoms with Crippen molar-refractivity contribution >= 4 is 21.7 Å². The van der Waals surface area contributed by atoms with Crippen molar-refractivity contribution in [2.75, 3.05) is 6.54 Å². The number of hydrogen-bond acceptors (Lipinski definition) is 5. The van der Waals surface area contributed by atoms with E-state index in [1.54, 1.807) is 0 Å². The molecule has 0 amide bonds. The van der Waals surface area contributed by atoms with Crippen molar-refractivity contribution in [3.63, 3.8) is 0 Å². The number of rotatable bonds is 6. The smallest absolute Gasteiger partial charge is 0.324 e. The van der Waals surface area contributed by atoms with E-state index in [0.29, 0.717) is 0 Å². The number of carbonyl (C=O) groups is 1. The lowest BCUT2D eigenvalue weighted by Gasteiger charge is -2.32. The molecule has 1 rings (SSSR count). The van der Waals surface area contributed by atoms with E-state index in [0.717, 1.165) is 28.6 Å². The number of nitro benzene ring substituents is 1. The van der Waals surface area contributed by atoms with Gasteiger partial charge in [0, 0.05) is 18.7 Å². The largest absolute Gasteiger partial charge is 0.480 e. The van der Waals surface area contributed by atoms with Crippen molar-refractivity contribution < 1.29 is 23.2 Å². The zero-order valence-electron chi connectivity index (χ0n) is 11.8. The van der Waals surface area contributed by atoms with Crippen LogP contribution in [-0.2, 0) is 14.8 Å². The molecule has 9 heteroatoms. The van der Waals surface area contributed by atoms with E-state index in [9.17, 15) is 28.4 Å². The highest BCUT2D eigenvalue weighted by atomic mass is 32.2. The van der Waals surface area contributed by atoms with Gasteiger partial charge in [-0.05, 0) is 26.0 Å². The van der Waals surface area contributed by atoms with Crippen LogP contribution < -0.4 is 0 Å². The third-order valence-corrected chi connectivity index (χ3v) is 5.23. The van der Waals surface area contributed by atoms with Gasteiger partial charge in [0.05, 0.1) is 9.82 Å². The Labute approximate surface area is 122 Å². The van der Waals surface area contributed by atoms with Gasteiger partial charge in [0.1, 0.15) is 5.54 Å². The molecule has 0 aliphatic rings. The Hall–Kier alpha value is -2.00. The first-order chi connectivity index (χ1) is 9.55. The number of sulfonamides is 1. The molecule has 0 saturated heterocycles. The minimum atomic E-state index is -4.07. The lowest BCUT2D eigenvalue weighted by Crippen LogP contribution is -2.52. The van der Waals surface area contributed by atoms with Gasteiger partial charge in [-0.2, -0.15) is 4.31 Å². The highest BCUT2D eigenvalue weighted by molar-refractivity contribution is 7.89. The van der Waals surface area contributed by atoms with Crippen LogP contribution in [0.4, 0.5) is 5.69 Å². The Balaban J connectivity index is 3.31. The van der Waals surface area contributed by atoms with Gasteiger partial charge in [0.2, 0.25) is 10.0 Å². The summed E-state index contributed by atoms with van der Waals surface area (Å²) in [6.45, 7) is 4.04. The first-order valence-corrected chi connectivity index (χ1v) is 7.49. The van der Waals surface area contributed by atoms with Crippen LogP contribution in [0, 0.1) is 10.1 Å². The maximum absolute atomic E-state index is 12.5. The van der Waals surface area contributed by atoms with Crippen LogP contribution in [0.1, 0.15) is 20.8 Å². The van der Waals surface area contributed by atoms with E-state index in [-0.39, 0.29) is 17.1 Å². The van der Waals surface area contributed by atoms with Gasteiger partial charge >= 0.3 is 5.97 Å². The van der Waals surface area contributed by atoms with Crippen LogP contribution in [-0.4, -0.2) is 40.8 Å². The molecule has 1 aromatic carbocycles. The van der Waals surface area contributed by atoms with Gasteiger partial charge in [0.25, 0.3) is 5.69 Å². The second-order valence-corrected chi connectivity index (χ2v) is 6.65.